The lowest BCUT2D eigenvalue weighted by molar-refractivity contribution is -0.112. The number of carbonyl (C=O) groups is 2. The van der Waals surface area contributed by atoms with Crippen molar-refractivity contribution in [3.63, 3.8) is 0 Å². The van der Waals surface area contributed by atoms with Crippen molar-refractivity contribution in [2.45, 2.75) is 30.6 Å². The van der Waals surface area contributed by atoms with Crippen molar-refractivity contribution in [2.75, 3.05) is 38.6 Å². The molecule has 32 heavy (non-hydrogen) atoms. The number of carbonyl (C=O) groups excluding carboxylic acids is 2. The third-order valence-electron chi connectivity index (χ3n) is 5.74. The molecule has 2 aromatic rings. The van der Waals surface area contributed by atoms with Gasteiger partial charge in [0.25, 0.3) is 11.8 Å². The normalized spacial score (nSPS) is 17.9. The molecule has 2 heterocycles. The van der Waals surface area contributed by atoms with E-state index >= 15 is 0 Å². The molecule has 1 saturated heterocycles. The van der Waals surface area contributed by atoms with Crippen LogP contribution in [0, 0.1) is 0 Å². The summed E-state index contributed by atoms with van der Waals surface area (Å²) in [6, 6.07) is 13.0. The summed E-state index contributed by atoms with van der Waals surface area (Å²) in [7, 11) is 1.62. The molecule has 2 aliphatic rings. The fourth-order valence-electron chi connectivity index (χ4n) is 3.97. The Kier molecular flexibility index (Phi) is 7.50. The van der Waals surface area contributed by atoms with Gasteiger partial charge in [-0.2, -0.15) is 0 Å². The highest BCUT2D eigenvalue weighted by molar-refractivity contribution is 8.04. The molecule has 6 nitrogen and oxygen atoms in total. The highest BCUT2D eigenvalue weighted by Crippen LogP contribution is 2.39. The standard InChI is InChI=1S/C25H29N3O3S/c1-31-20-8-6-7-18(15-20)16-23-25(30)27-21-17-19(9-10-22(21)32-23)24(29)26-11-14-28-12-4-2-3-5-13-28/h6-10,15-17H,2-5,11-14H2,1H3,(H,26,29)(H,27,30)/b23-16-. The van der Waals surface area contributed by atoms with Gasteiger partial charge in [0.05, 0.1) is 17.7 Å². The van der Waals surface area contributed by atoms with E-state index in [-0.39, 0.29) is 11.8 Å². The molecule has 0 unspecified atom stereocenters. The third-order valence-corrected chi connectivity index (χ3v) is 6.84. The third kappa shape index (κ3) is 5.72. The van der Waals surface area contributed by atoms with Crippen LogP contribution in [0.2, 0.25) is 0 Å². The number of nitrogens with zero attached hydrogens (tertiary/aromatic N) is 1. The minimum Gasteiger partial charge on any atom is -0.497 e. The predicted octanol–water partition coefficient (Wildman–Crippen LogP) is 4.39. The Morgan fingerprint density at radius 1 is 1.16 bits per heavy atom. The van der Waals surface area contributed by atoms with Crippen molar-refractivity contribution >= 4 is 35.3 Å². The average Bonchev–Trinajstić information content (AvgIpc) is 3.08. The maximum absolute atomic E-state index is 12.6. The van der Waals surface area contributed by atoms with E-state index in [0.29, 0.717) is 22.7 Å². The van der Waals surface area contributed by atoms with E-state index in [1.54, 1.807) is 13.2 Å². The van der Waals surface area contributed by atoms with E-state index in [9.17, 15) is 9.59 Å². The highest BCUT2D eigenvalue weighted by Gasteiger charge is 2.22. The van der Waals surface area contributed by atoms with Crippen LogP contribution in [0.25, 0.3) is 6.08 Å². The maximum atomic E-state index is 12.6. The van der Waals surface area contributed by atoms with Crippen molar-refractivity contribution in [3.8, 4) is 5.75 Å². The number of amides is 2. The molecule has 4 rings (SSSR count). The van der Waals surface area contributed by atoms with Gasteiger partial charge in [0.1, 0.15) is 5.75 Å². The number of methoxy groups -OCH3 is 1. The van der Waals surface area contributed by atoms with Gasteiger partial charge in [0, 0.05) is 23.5 Å². The zero-order valence-corrected chi connectivity index (χ0v) is 19.2. The Morgan fingerprint density at radius 2 is 1.97 bits per heavy atom. The predicted molar refractivity (Wildman–Crippen MR) is 129 cm³/mol. The van der Waals surface area contributed by atoms with Crippen molar-refractivity contribution in [1.82, 2.24) is 10.2 Å². The molecule has 2 N–H and O–H groups in total. The number of hydrogen-bond acceptors (Lipinski definition) is 5. The molecule has 0 bridgehead atoms. The summed E-state index contributed by atoms with van der Waals surface area (Å²) in [5.74, 6) is 0.455. The van der Waals surface area contributed by atoms with E-state index in [1.807, 2.05) is 42.5 Å². The van der Waals surface area contributed by atoms with Crippen LogP contribution in [0.4, 0.5) is 5.69 Å². The van der Waals surface area contributed by atoms with Gasteiger partial charge in [-0.15, -0.1) is 0 Å². The van der Waals surface area contributed by atoms with Gasteiger partial charge < -0.3 is 20.3 Å². The van der Waals surface area contributed by atoms with Crippen LogP contribution in [-0.2, 0) is 4.79 Å². The van der Waals surface area contributed by atoms with Crippen molar-refractivity contribution in [2.24, 2.45) is 0 Å². The van der Waals surface area contributed by atoms with Crippen LogP contribution < -0.4 is 15.4 Å². The van der Waals surface area contributed by atoms with E-state index in [1.165, 1.54) is 37.4 Å². The molecule has 0 saturated carbocycles. The summed E-state index contributed by atoms with van der Waals surface area (Å²) in [6.07, 6.45) is 6.93. The minimum atomic E-state index is -0.177. The smallest absolute Gasteiger partial charge is 0.262 e. The van der Waals surface area contributed by atoms with Crippen LogP contribution >= 0.6 is 11.8 Å². The monoisotopic (exact) mass is 451 g/mol. The van der Waals surface area contributed by atoms with Gasteiger partial charge in [-0.3, -0.25) is 9.59 Å². The van der Waals surface area contributed by atoms with Gasteiger partial charge in [-0.05, 0) is 67.9 Å². The van der Waals surface area contributed by atoms with E-state index < -0.39 is 0 Å². The summed E-state index contributed by atoms with van der Waals surface area (Å²) >= 11 is 1.40. The SMILES string of the molecule is COc1cccc(/C=C2\Sc3ccc(C(=O)NCCN4CCCCCC4)cc3NC2=O)c1. The van der Waals surface area contributed by atoms with Crippen LogP contribution in [0.5, 0.6) is 5.75 Å². The van der Waals surface area contributed by atoms with Gasteiger partial charge in [0.15, 0.2) is 0 Å². The summed E-state index contributed by atoms with van der Waals surface area (Å²) < 4.78 is 5.25. The second-order valence-electron chi connectivity index (χ2n) is 8.06. The first-order valence-corrected chi connectivity index (χ1v) is 11.9. The Bertz CT molecular complexity index is 1010. The van der Waals surface area contributed by atoms with Gasteiger partial charge >= 0.3 is 0 Å². The number of fused-ring (bicyclic) bond motifs is 1. The molecule has 0 radical (unpaired) electrons. The van der Waals surface area contributed by atoms with Crippen LogP contribution in [0.3, 0.4) is 0 Å². The first-order valence-electron chi connectivity index (χ1n) is 11.1. The van der Waals surface area contributed by atoms with E-state index in [0.717, 1.165) is 35.8 Å². The van der Waals surface area contributed by atoms with Gasteiger partial charge in [-0.1, -0.05) is 36.7 Å². The number of benzene rings is 2. The Hall–Kier alpha value is -2.77. The van der Waals surface area contributed by atoms with Gasteiger partial charge in [-0.25, -0.2) is 0 Å². The lowest BCUT2D eigenvalue weighted by atomic mass is 10.1. The molecule has 0 aromatic heterocycles. The molecular weight excluding hydrogens is 422 g/mol. The minimum absolute atomic E-state index is 0.111. The average molecular weight is 452 g/mol. The number of hydrogen-bond donors (Lipinski definition) is 2. The fraction of sp³-hybridized carbons (Fsp3) is 0.360. The molecule has 0 aliphatic carbocycles. The first kappa shape index (κ1) is 22.4. The van der Waals surface area contributed by atoms with Crippen molar-refractivity contribution < 1.29 is 14.3 Å². The number of anilines is 1. The molecule has 0 spiro atoms. The lowest BCUT2D eigenvalue weighted by Crippen LogP contribution is -2.35. The molecule has 2 amide bonds. The second-order valence-corrected chi connectivity index (χ2v) is 9.15. The Labute approximate surface area is 193 Å². The first-order chi connectivity index (χ1) is 15.6. The molecule has 168 valence electrons. The largest absolute Gasteiger partial charge is 0.497 e. The summed E-state index contributed by atoms with van der Waals surface area (Å²) in [4.78, 5) is 29.2. The molecule has 0 atom stereocenters. The zero-order chi connectivity index (χ0) is 22.3. The lowest BCUT2D eigenvalue weighted by Gasteiger charge is -2.21. The molecule has 1 fully saturated rings. The second kappa shape index (κ2) is 10.7. The molecule has 2 aromatic carbocycles. The van der Waals surface area contributed by atoms with Crippen LogP contribution in [0.1, 0.15) is 41.6 Å². The topological polar surface area (TPSA) is 70.7 Å². The molecule has 7 heteroatoms. The summed E-state index contributed by atoms with van der Waals surface area (Å²) in [5, 5.41) is 5.93. The van der Waals surface area contributed by atoms with Gasteiger partial charge in [0.2, 0.25) is 0 Å². The summed E-state index contributed by atoms with van der Waals surface area (Å²) in [6.45, 7) is 3.74. The van der Waals surface area contributed by atoms with E-state index in [2.05, 4.69) is 15.5 Å². The molecule has 2 aliphatic heterocycles. The number of nitrogens with one attached hydrogen (secondary N) is 2. The number of thioether (sulfide) groups is 1. The number of rotatable bonds is 6. The highest BCUT2D eigenvalue weighted by atomic mass is 32.2. The summed E-state index contributed by atoms with van der Waals surface area (Å²) in [5.41, 5.74) is 2.12. The van der Waals surface area contributed by atoms with Crippen molar-refractivity contribution in [1.29, 1.82) is 0 Å². The van der Waals surface area contributed by atoms with Crippen LogP contribution in [-0.4, -0.2) is 50.0 Å². The van der Waals surface area contributed by atoms with E-state index in [4.69, 9.17) is 4.74 Å². The fourth-order valence-corrected chi connectivity index (χ4v) is 4.91. The number of ether oxygens (including phenoxy) is 1. The molecular formula is C25H29N3O3S. The van der Waals surface area contributed by atoms with Crippen LogP contribution in [0.15, 0.2) is 52.3 Å². The zero-order valence-electron chi connectivity index (χ0n) is 18.4. The quantitative estimate of drug-likeness (QED) is 0.638. The Morgan fingerprint density at radius 3 is 2.75 bits per heavy atom. The van der Waals surface area contributed by atoms with Crippen molar-refractivity contribution in [3.05, 3.63) is 58.5 Å². The Balaban J connectivity index is 1.38. The maximum Gasteiger partial charge on any atom is 0.262 e. The number of likely N-dealkylation sites (tertiary alicyclic amines) is 1.